The van der Waals surface area contributed by atoms with Gasteiger partial charge in [-0.2, -0.15) is 0 Å². The summed E-state index contributed by atoms with van der Waals surface area (Å²) in [7, 11) is -1.63. The smallest absolute Gasteiger partial charge is 0.192 e. The minimum absolute atomic E-state index is 0.0511. The normalized spacial score (nSPS) is 20.8. The number of hydrogen-bond acceptors (Lipinski definition) is 1. The van der Waals surface area contributed by atoms with E-state index in [9.17, 15) is 0 Å². The van der Waals surface area contributed by atoms with E-state index in [4.69, 9.17) is 10.8 Å². The Labute approximate surface area is 102 Å². The van der Waals surface area contributed by atoms with Crippen LogP contribution in [0.4, 0.5) is 0 Å². The minimum atomic E-state index is -1.63. The second-order valence-corrected chi connectivity index (χ2v) is 11.5. The first kappa shape index (κ1) is 13.8. The Kier molecular flexibility index (Phi) is 3.92. The minimum Gasteiger partial charge on any atom is -0.415 e. The molecule has 0 aromatic rings. The second kappa shape index (κ2) is 4.54. The van der Waals surface area contributed by atoms with E-state index in [1.54, 1.807) is 0 Å². The third kappa shape index (κ3) is 2.90. The van der Waals surface area contributed by atoms with E-state index in [0.717, 1.165) is 19.4 Å². The van der Waals surface area contributed by atoms with Crippen molar-refractivity contribution in [2.45, 2.75) is 64.6 Å². The summed E-state index contributed by atoms with van der Waals surface area (Å²) >= 11 is 0. The lowest BCUT2D eigenvalue weighted by Gasteiger charge is -2.38. The Morgan fingerprint density at radius 3 is 2.12 bits per heavy atom. The SMILES string of the molecule is C#CC1(CO[Si](C)(C)C(C)(C)C)CCCC1. The molecule has 16 heavy (non-hydrogen) atoms. The molecule has 1 aliphatic rings. The summed E-state index contributed by atoms with van der Waals surface area (Å²) in [5, 5.41) is 0.279. The number of rotatable bonds is 3. The molecule has 0 atom stereocenters. The summed E-state index contributed by atoms with van der Waals surface area (Å²) in [6.07, 6.45) is 10.5. The predicted molar refractivity (Wildman–Crippen MR) is 72.9 cm³/mol. The van der Waals surface area contributed by atoms with Gasteiger partial charge in [0.25, 0.3) is 0 Å². The maximum atomic E-state index is 6.27. The molecule has 1 saturated carbocycles. The molecule has 0 heterocycles. The van der Waals surface area contributed by atoms with Gasteiger partial charge >= 0.3 is 0 Å². The predicted octanol–water partition coefficient (Wildman–Crippen LogP) is 4.20. The van der Waals surface area contributed by atoms with E-state index >= 15 is 0 Å². The van der Waals surface area contributed by atoms with E-state index in [2.05, 4.69) is 39.8 Å². The van der Waals surface area contributed by atoms with Gasteiger partial charge in [-0.05, 0) is 31.0 Å². The maximum absolute atomic E-state index is 6.27. The highest BCUT2D eigenvalue weighted by molar-refractivity contribution is 6.74. The summed E-state index contributed by atoms with van der Waals surface area (Å²) < 4.78 is 6.27. The van der Waals surface area contributed by atoms with E-state index < -0.39 is 8.32 Å². The summed E-state index contributed by atoms with van der Waals surface area (Å²) in [6, 6.07) is 0. The zero-order chi connectivity index (χ0) is 12.4. The molecule has 0 saturated heterocycles. The van der Waals surface area contributed by atoms with Crippen LogP contribution in [0.5, 0.6) is 0 Å². The van der Waals surface area contributed by atoms with Gasteiger partial charge in [0.15, 0.2) is 8.32 Å². The van der Waals surface area contributed by atoms with Crippen molar-refractivity contribution in [1.82, 2.24) is 0 Å². The van der Waals surface area contributed by atoms with Crippen LogP contribution >= 0.6 is 0 Å². The summed E-state index contributed by atoms with van der Waals surface area (Å²) in [6.45, 7) is 12.2. The average molecular weight is 238 g/mol. The highest BCUT2D eigenvalue weighted by Crippen LogP contribution is 2.41. The lowest BCUT2D eigenvalue weighted by molar-refractivity contribution is 0.186. The fraction of sp³-hybridized carbons (Fsp3) is 0.857. The Morgan fingerprint density at radius 1 is 1.25 bits per heavy atom. The van der Waals surface area contributed by atoms with Crippen LogP contribution in [0.1, 0.15) is 46.5 Å². The third-order valence-electron chi connectivity index (χ3n) is 4.38. The molecule has 2 heteroatoms. The Bertz CT molecular complexity index is 274. The molecule has 1 rings (SSSR count). The molecule has 0 aromatic carbocycles. The molecule has 1 nitrogen and oxygen atoms in total. The Morgan fingerprint density at radius 2 is 1.75 bits per heavy atom. The zero-order valence-corrected chi connectivity index (χ0v) is 12.5. The summed E-state index contributed by atoms with van der Waals surface area (Å²) in [5.74, 6) is 3.00. The largest absolute Gasteiger partial charge is 0.415 e. The highest BCUT2D eigenvalue weighted by atomic mass is 28.4. The van der Waals surface area contributed by atoms with Crippen LogP contribution in [0, 0.1) is 17.8 Å². The van der Waals surface area contributed by atoms with Gasteiger partial charge < -0.3 is 4.43 Å². The molecule has 92 valence electrons. The van der Waals surface area contributed by atoms with Crippen LogP contribution < -0.4 is 0 Å². The molecule has 0 bridgehead atoms. The molecule has 0 aromatic heterocycles. The van der Waals surface area contributed by atoms with Gasteiger partial charge in [0.1, 0.15) is 0 Å². The molecular weight excluding hydrogens is 212 g/mol. The average Bonchev–Trinajstić information content (AvgIpc) is 2.62. The zero-order valence-electron chi connectivity index (χ0n) is 11.5. The standard InChI is InChI=1S/C14H26OSi/c1-7-14(10-8-9-11-14)12-15-16(5,6)13(2,3)4/h1H,8-12H2,2-6H3. The van der Waals surface area contributed by atoms with Crippen molar-refractivity contribution in [2.75, 3.05) is 6.61 Å². The molecule has 1 fully saturated rings. The fourth-order valence-corrected chi connectivity index (χ4v) is 2.99. The van der Waals surface area contributed by atoms with Gasteiger partial charge in [-0.1, -0.05) is 39.5 Å². The van der Waals surface area contributed by atoms with Crippen LogP contribution in [0.2, 0.25) is 18.1 Å². The molecule has 0 N–H and O–H groups in total. The topological polar surface area (TPSA) is 9.23 Å². The molecular formula is C14H26OSi. The Balaban J connectivity index is 2.60. The van der Waals surface area contributed by atoms with Gasteiger partial charge in [0.05, 0.1) is 12.0 Å². The first-order chi connectivity index (χ1) is 7.22. The second-order valence-electron chi connectivity index (χ2n) is 6.68. The van der Waals surface area contributed by atoms with Gasteiger partial charge in [0, 0.05) is 0 Å². The molecule has 0 spiro atoms. The molecule has 0 unspecified atom stereocenters. The van der Waals surface area contributed by atoms with Crippen LogP contribution in [0.25, 0.3) is 0 Å². The van der Waals surface area contributed by atoms with Crippen molar-refractivity contribution in [3.63, 3.8) is 0 Å². The molecule has 0 radical (unpaired) electrons. The van der Waals surface area contributed by atoms with E-state index in [1.807, 2.05) is 0 Å². The first-order valence-electron chi connectivity index (χ1n) is 6.34. The van der Waals surface area contributed by atoms with Crippen molar-refractivity contribution >= 4 is 8.32 Å². The van der Waals surface area contributed by atoms with Crippen molar-refractivity contribution in [3.8, 4) is 12.3 Å². The van der Waals surface area contributed by atoms with Crippen LogP contribution in [0.3, 0.4) is 0 Å². The monoisotopic (exact) mass is 238 g/mol. The van der Waals surface area contributed by atoms with Crippen molar-refractivity contribution in [3.05, 3.63) is 0 Å². The maximum Gasteiger partial charge on any atom is 0.192 e. The third-order valence-corrected chi connectivity index (χ3v) is 8.86. The number of terminal acetylenes is 1. The first-order valence-corrected chi connectivity index (χ1v) is 9.25. The molecule has 1 aliphatic carbocycles. The number of hydrogen-bond donors (Lipinski definition) is 0. The molecule has 0 amide bonds. The van der Waals surface area contributed by atoms with Crippen LogP contribution in [-0.4, -0.2) is 14.9 Å². The van der Waals surface area contributed by atoms with Crippen molar-refractivity contribution < 1.29 is 4.43 Å². The fourth-order valence-electron chi connectivity index (χ4n) is 1.92. The van der Waals surface area contributed by atoms with Gasteiger partial charge in [-0.3, -0.25) is 0 Å². The highest BCUT2D eigenvalue weighted by Gasteiger charge is 2.40. The quantitative estimate of drug-likeness (QED) is 0.529. The van der Waals surface area contributed by atoms with Crippen LogP contribution in [0.15, 0.2) is 0 Å². The lowest BCUT2D eigenvalue weighted by atomic mass is 9.89. The van der Waals surface area contributed by atoms with Crippen molar-refractivity contribution in [1.29, 1.82) is 0 Å². The Hall–Kier alpha value is -0.263. The summed E-state index contributed by atoms with van der Waals surface area (Å²) in [4.78, 5) is 0. The molecule has 0 aliphatic heterocycles. The summed E-state index contributed by atoms with van der Waals surface area (Å²) in [5.41, 5.74) is 0.0511. The van der Waals surface area contributed by atoms with Gasteiger partial charge in [0.2, 0.25) is 0 Å². The van der Waals surface area contributed by atoms with Crippen molar-refractivity contribution in [2.24, 2.45) is 5.41 Å². The van der Waals surface area contributed by atoms with Crippen LogP contribution in [-0.2, 0) is 4.43 Å². The lowest BCUT2D eigenvalue weighted by Crippen LogP contribution is -2.43. The van der Waals surface area contributed by atoms with E-state index in [0.29, 0.717) is 0 Å². The van der Waals surface area contributed by atoms with Gasteiger partial charge in [-0.25, -0.2) is 0 Å². The van der Waals surface area contributed by atoms with E-state index in [-0.39, 0.29) is 10.5 Å². The van der Waals surface area contributed by atoms with Gasteiger partial charge in [-0.15, -0.1) is 6.42 Å². The van der Waals surface area contributed by atoms with E-state index in [1.165, 1.54) is 12.8 Å².